The summed E-state index contributed by atoms with van der Waals surface area (Å²) in [4.78, 5) is 10.9. The number of carbonyl (C=O) groups excluding carboxylic acids is 1. The Kier molecular flexibility index (Phi) is 9.95. The van der Waals surface area contributed by atoms with E-state index in [1.165, 1.54) is 13.5 Å². The molecule has 1 rings (SSSR count). The Labute approximate surface area is 102 Å². The SMILES string of the molecule is CCC.COCOC(=O)OCc1ccccc1. The van der Waals surface area contributed by atoms with Crippen LogP contribution in [-0.4, -0.2) is 20.1 Å². The van der Waals surface area contributed by atoms with Crippen molar-refractivity contribution in [2.24, 2.45) is 0 Å². The van der Waals surface area contributed by atoms with E-state index in [2.05, 4.69) is 23.3 Å². The minimum Gasteiger partial charge on any atom is -0.429 e. The van der Waals surface area contributed by atoms with Crippen LogP contribution in [0.15, 0.2) is 30.3 Å². The van der Waals surface area contributed by atoms with Crippen LogP contribution in [0.3, 0.4) is 0 Å². The Hall–Kier alpha value is -1.55. The van der Waals surface area contributed by atoms with Gasteiger partial charge in [0.05, 0.1) is 0 Å². The first-order valence-corrected chi connectivity index (χ1v) is 5.57. The highest BCUT2D eigenvalue weighted by Gasteiger charge is 2.02. The van der Waals surface area contributed by atoms with E-state index < -0.39 is 6.16 Å². The predicted octanol–water partition coefficient (Wildman–Crippen LogP) is 3.36. The molecule has 0 radical (unpaired) electrons. The van der Waals surface area contributed by atoms with Crippen molar-refractivity contribution in [2.45, 2.75) is 26.9 Å². The minimum absolute atomic E-state index is 0.0897. The lowest BCUT2D eigenvalue weighted by Crippen LogP contribution is -2.09. The van der Waals surface area contributed by atoms with Crippen LogP contribution >= 0.6 is 0 Å². The lowest BCUT2D eigenvalue weighted by atomic mass is 10.2. The molecule has 0 bridgehead atoms. The molecule has 0 aliphatic carbocycles. The van der Waals surface area contributed by atoms with E-state index in [-0.39, 0.29) is 13.4 Å². The number of hydrogen-bond acceptors (Lipinski definition) is 4. The van der Waals surface area contributed by atoms with Crippen molar-refractivity contribution in [3.05, 3.63) is 35.9 Å². The standard InChI is InChI=1S/C10H12O4.C3H8/c1-12-8-14-10(11)13-7-9-5-3-2-4-6-9;1-3-2/h2-6H,7-8H2,1H3;3H2,1-2H3. The summed E-state index contributed by atoms with van der Waals surface area (Å²) in [5.74, 6) is 0. The summed E-state index contributed by atoms with van der Waals surface area (Å²) in [7, 11) is 1.43. The second kappa shape index (κ2) is 11.0. The molecule has 0 aromatic heterocycles. The molecule has 0 atom stereocenters. The first-order valence-electron chi connectivity index (χ1n) is 5.57. The zero-order chi connectivity index (χ0) is 12.9. The molecule has 0 saturated carbocycles. The Morgan fingerprint density at radius 3 is 2.24 bits per heavy atom. The molecule has 0 saturated heterocycles. The lowest BCUT2D eigenvalue weighted by molar-refractivity contribution is -0.0286. The van der Waals surface area contributed by atoms with Gasteiger partial charge in [0.1, 0.15) is 6.61 Å². The average molecular weight is 240 g/mol. The van der Waals surface area contributed by atoms with E-state index in [1.807, 2.05) is 30.3 Å². The number of carbonyl (C=O) groups is 1. The van der Waals surface area contributed by atoms with Gasteiger partial charge in [-0.15, -0.1) is 0 Å². The smallest absolute Gasteiger partial charge is 0.429 e. The van der Waals surface area contributed by atoms with Crippen molar-refractivity contribution < 1.29 is 19.0 Å². The third kappa shape index (κ3) is 9.38. The van der Waals surface area contributed by atoms with E-state index >= 15 is 0 Å². The summed E-state index contributed by atoms with van der Waals surface area (Å²) >= 11 is 0. The van der Waals surface area contributed by atoms with Gasteiger partial charge >= 0.3 is 6.16 Å². The minimum atomic E-state index is -0.726. The fraction of sp³-hybridized carbons (Fsp3) is 0.462. The summed E-state index contributed by atoms with van der Waals surface area (Å²) in [5, 5.41) is 0. The first kappa shape index (κ1) is 15.4. The fourth-order valence-electron chi connectivity index (χ4n) is 0.865. The summed E-state index contributed by atoms with van der Waals surface area (Å²) in [6.07, 6.45) is 0.524. The molecule has 96 valence electrons. The highest BCUT2D eigenvalue weighted by molar-refractivity contribution is 5.59. The summed E-state index contributed by atoms with van der Waals surface area (Å²) in [6, 6.07) is 9.37. The van der Waals surface area contributed by atoms with Gasteiger partial charge in [-0.3, -0.25) is 0 Å². The van der Waals surface area contributed by atoms with Gasteiger partial charge in [0.15, 0.2) is 6.79 Å². The second-order valence-corrected chi connectivity index (χ2v) is 3.28. The van der Waals surface area contributed by atoms with Crippen molar-refractivity contribution in [3.8, 4) is 0 Å². The van der Waals surface area contributed by atoms with Gasteiger partial charge < -0.3 is 14.2 Å². The van der Waals surface area contributed by atoms with Gasteiger partial charge in [0.25, 0.3) is 0 Å². The number of hydrogen-bond donors (Lipinski definition) is 0. The Morgan fingerprint density at radius 1 is 1.12 bits per heavy atom. The topological polar surface area (TPSA) is 44.8 Å². The first-order chi connectivity index (χ1) is 8.24. The van der Waals surface area contributed by atoms with E-state index in [1.54, 1.807) is 0 Å². The molecule has 17 heavy (non-hydrogen) atoms. The summed E-state index contributed by atoms with van der Waals surface area (Å²) in [6.45, 7) is 4.37. The molecule has 0 spiro atoms. The molecular weight excluding hydrogens is 220 g/mol. The van der Waals surface area contributed by atoms with Crippen LogP contribution in [0.2, 0.25) is 0 Å². The zero-order valence-electron chi connectivity index (χ0n) is 10.6. The summed E-state index contributed by atoms with van der Waals surface area (Å²) < 4.78 is 13.9. The third-order valence-electron chi connectivity index (χ3n) is 1.49. The highest BCUT2D eigenvalue weighted by atomic mass is 16.8. The Morgan fingerprint density at radius 2 is 1.71 bits per heavy atom. The van der Waals surface area contributed by atoms with Crippen molar-refractivity contribution in [3.63, 3.8) is 0 Å². The number of benzene rings is 1. The van der Waals surface area contributed by atoms with E-state index in [0.29, 0.717) is 0 Å². The van der Waals surface area contributed by atoms with Crippen LogP contribution in [0.5, 0.6) is 0 Å². The van der Waals surface area contributed by atoms with Gasteiger partial charge in [0, 0.05) is 7.11 Å². The zero-order valence-corrected chi connectivity index (χ0v) is 10.6. The Balaban J connectivity index is 0.000000770. The van der Waals surface area contributed by atoms with E-state index in [0.717, 1.165) is 5.56 Å². The summed E-state index contributed by atoms with van der Waals surface area (Å²) in [5.41, 5.74) is 0.918. The number of ether oxygens (including phenoxy) is 3. The van der Waals surface area contributed by atoms with Gasteiger partial charge in [-0.2, -0.15) is 0 Å². The molecule has 4 nitrogen and oxygen atoms in total. The maximum absolute atomic E-state index is 10.9. The number of methoxy groups -OCH3 is 1. The van der Waals surface area contributed by atoms with Crippen LogP contribution in [0, 0.1) is 0 Å². The molecule has 1 aromatic carbocycles. The van der Waals surface area contributed by atoms with E-state index in [9.17, 15) is 4.79 Å². The van der Waals surface area contributed by atoms with Crippen LogP contribution in [0.1, 0.15) is 25.8 Å². The maximum Gasteiger partial charge on any atom is 0.510 e. The van der Waals surface area contributed by atoms with Crippen molar-refractivity contribution in [1.29, 1.82) is 0 Å². The van der Waals surface area contributed by atoms with Gasteiger partial charge in [-0.1, -0.05) is 50.6 Å². The maximum atomic E-state index is 10.9. The van der Waals surface area contributed by atoms with E-state index in [4.69, 9.17) is 4.74 Å². The highest BCUT2D eigenvalue weighted by Crippen LogP contribution is 2.01. The molecule has 0 aliphatic rings. The molecule has 0 fully saturated rings. The van der Waals surface area contributed by atoms with Crippen LogP contribution in [0.4, 0.5) is 4.79 Å². The third-order valence-corrected chi connectivity index (χ3v) is 1.49. The van der Waals surface area contributed by atoms with Gasteiger partial charge in [0.2, 0.25) is 0 Å². The largest absolute Gasteiger partial charge is 0.510 e. The van der Waals surface area contributed by atoms with Gasteiger partial charge in [-0.25, -0.2) is 4.79 Å². The molecule has 4 heteroatoms. The predicted molar refractivity (Wildman–Crippen MR) is 65.6 cm³/mol. The number of rotatable bonds is 4. The average Bonchev–Trinajstić information content (AvgIpc) is 2.36. The van der Waals surface area contributed by atoms with Crippen LogP contribution < -0.4 is 0 Å². The van der Waals surface area contributed by atoms with Crippen molar-refractivity contribution >= 4 is 6.16 Å². The molecule has 0 heterocycles. The molecule has 0 amide bonds. The quantitative estimate of drug-likeness (QED) is 0.598. The second-order valence-electron chi connectivity index (χ2n) is 3.28. The molecule has 0 N–H and O–H groups in total. The molecule has 0 unspecified atom stereocenters. The normalized spacial score (nSPS) is 8.88. The fourth-order valence-corrected chi connectivity index (χ4v) is 0.865. The van der Waals surface area contributed by atoms with Crippen LogP contribution in [-0.2, 0) is 20.8 Å². The van der Waals surface area contributed by atoms with Crippen LogP contribution in [0.25, 0.3) is 0 Å². The van der Waals surface area contributed by atoms with Crippen molar-refractivity contribution in [1.82, 2.24) is 0 Å². The lowest BCUT2D eigenvalue weighted by Gasteiger charge is -2.04. The molecular formula is C13H20O4. The Bertz CT molecular complexity index is 285. The van der Waals surface area contributed by atoms with Gasteiger partial charge in [-0.05, 0) is 5.56 Å². The molecule has 1 aromatic rings. The van der Waals surface area contributed by atoms with Crippen molar-refractivity contribution in [2.75, 3.05) is 13.9 Å². The monoisotopic (exact) mass is 240 g/mol. The molecule has 0 aliphatic heterocycles.